The molecule has 0 radical (unpaired) electrons. The summed E-state index contributed by atoms with van der Waals surface area (Å²) in [6.45, 7) is 6.03. The molecule has 0 aromatic carbocycles. The van der Waals surface area contributed by atoms with Crippen LogP contribution in [0.1, 0.15) is 13.8 Å². The lowest BCUT2D eigenvalue weighted by Gasteiger charge is -2.25. The molecule has 1 heterocycles. The van der Waals surface area contributed by atoms with Gasteiger partial charge in [-0.3, -0.25) is 4.18 Å². The molecule has 0 aromatic rings. The number of hydrogen-bond acceptors (Lipinski definition) is 5. The highest BCUT2D eigenvalue weighted by molar-refractivity contribution is 7.99. The van der Waals surface area contributed by atoms with E-state index in [1.165, 1.54) is 0 Å². The third-order valence-electron chi connectivity index (χ3n) is 2.10. The highest BCUT2D eigenvalue weighted by Gasteiger charge is 2.17. The average Bonchev–Trinajstić information content (AvgIpc) is 2.15. The summed E-state index contributed by atoms with van der Waals surface area (Å²) in [5.74, 6) is 2.31. The van der Waals surface area contributed by atoms with Crippen LogP contribution in [0.5, 0.6) is 0 Å². The molecule has 6 heteroatoms. The molecule has 1 fully saturated rings. The summed E-state index contributed by atoms with van der Waals surface area (Å²) in [6, 6.07) is 0. The third-order valence-corrected chi connectivity index (χ3v) is 4.40. The van der Waals surface area contributed by atoms with Gasteiger partial charge in [0.05, 0.1) is 11.9 Å². The minimum Gasteiger partial charge on any atom is -0.301 e. The zero-order chi connectivity index (χ0) is 11.3. The van der Waals surface area contributed by atoms with Gasteiger partial charge >= 0.3 is 0 Å². The lowest BCUT2D eigenvalue weighted by atomic mass is 10.5. The molecule has 90 valence electrons. The van der Waals surface area contributed by atoms with Gasteiger partial charge in [-0.1, -0.05) is 0 Å². The van der Waals surface area contributed by atoms with Crippen LogP contribution in [0.25, 0.3) is 0 Å². The van der Waals surface area contributed by atoms with Crippen molar-refractivity contribution < 1.29 is 12.6 Å². The Kier molecular flexibility index (Phi) is 5.38. The van der Waals surface area contributed by atoms with Crippen LogP contribution in [0.2, 0.25) is 0 Å². The Bertz CT molecular complexity index is 271. The second kappa shape index (κ2) is 6.08. The molecule has 4 nitrogen and oxygen atoms in total. The van der Waals surface area contributed by atoms with E-state index in [1.54, 1.807) is 13.8 Å². The topological polar surface area (TPSA) is 46.6 Å². The molecular formula is C9H19NO3S2. The summed E-state index contributed by atoms with van der Waals surface area (Å²) in [6.07, 6.45) is -0.257. The summed E-state index contributed by atoms with van der Waals surface area (Å²) >= 11 is 1.92. The smallest absolute Gasteiger partial charge is 0.268 e. The molecule has 1 aliphatic rings. The minimum atomic E-state index is -3.33. The molecule has 0 unspecified atom stereocenters. The largest absolute Gasteiger partial charge is 0.301 e. The standard InChI is InChI=1S/C9H19NO3S2/c1-9(2)13-15(11,12)8-5-10-3-6-14-7-4-10/h9H,3-8H2,1-2H3. The van der Waals surface area contributed by atoms with Crippen molar-refractivity contribution in [2.24, 2.45) is 0 Å². The van der Waals surface area contributed by atoms with Crippen LogP contribution in [0.4, 0.5) is 0 Å². The fourth-order valence-corrected chi connectivity index (χ4v) is 3.55. The number of hydrogen-bond donors (Lipinski definition) is 0. The van der Waals surface area contributed by atoms with Crippen LogP contribution in [0, 0.1) is 0 Å². The van der Waals surface area contributed by atoms with E-state index < -0.39 is 10.1 Å². The fraction of sp³-hybridized carbons (Fsp3) is 1.00. The highest BCUT2D eigenvalue weighted by atomic mass is 32.2. The molecule has 0 amide bonds. The fourth-order valence-electron chi connectivity index (χ4n) is 1.41. The Morgan fingerprint density at radius 3 is 2.47 bits per heavy atom. The zero-order valence-electron chi connectivity index (χ0n) is 9.31. The van der Waals surface area contributed by atoms with Crippen LogP contribution in [0.15, 0.2) is 0 Å². The summed E-state index contributed by atoms with van der Waals surface area (Å²) in [7, 11) is -3.33. The molecule has 0 atom stereocenters. The van der Waals surface area contributed by atoms with Gasteiger partial charge in [0.2, 0.25) is 0 Å². The molecule has 0 aromatic heterocycles. The minimum absolute atomic E-state index is 0.107. The molecule has 0 bridgehead atoms. The van der Waals surface area contributed by atoms with Crippen LogP contribution in [-0.4, -0.2) is 56.3 Å². The number of thioether (sulfide) groups is 1. The first-order chi connectivity index (χ1) is 6.99. The highest BCUT2D eigenvalue weighted by Crippen LogP contribution is 2.09. The van der Waals surface area contributed by atoms with E-state index in [9.17, 15) is 8.42 Å². The molecule has 1 saturated heterocycles. The molecule has 15 heavy (non-hydrogen) atoms. The summed E-state index contributed by atoms with van der Waals surface area (Å²) in [5, 5.41) is 0. The van der Waals surface area contributed by atoms with Gasteiger partial charge in [-0.15, -0.1) is 0 Å². The molecule has 0 N–H and O–H groups in total. The summed E-state index contributed by atoms with van der Waals surface area (Å²) < 4.78 is 27.7. The monoisotopic (exact) mass is 253 g/mol. The van der Waals surface area contributed by atoms with Gasteiger partial charge in [-0.2, -0.15) is 20.2 Å². The Labute approximate surface area is 96.5 Å². The molecule has 0 saturated carbocycles. The van der Waals surface area contributed by atoms with Gasteiger partial charge in [-0.25, -0.2) is 0 Å². The van der Waals surface area contributed by atoms with Gasteiger partial charge in [0, 0.05) is 31.1 Å². The Balaban J connectivity index is 2.28. The second-order valence-corrected chi connectivity index (χ2v) is 6.80. The maximum atomic E-state index is 11.4. The van der Waals surface area contributed by atoms with Crippen molar-refractivity contribution in [3.63, 3.8) is 0 Å². The van der Waals surface area contributed by atoms with E-state index in [4.69, 9.17) is 4.18 Å². The van der Waals surface area contributed by atoms with Gasteiger partial charge in [0.25, 0.3) is 10.1 Å². The van der Waals surface area contributed by atoms with Crippen LogP contribution >= 0.6 is 11.8 Å². The number of rotatable bonds is 5. The Hall–Kier alpha value is 0.220. The summed E-state index contributed by atoms with van der Waals surface area (Å²) in [4.78, 5) is 2.18. The third kappa shape index (κ3) is 5.75. The quantitative estimate of drug-likeness (QED) is 0.678. The molecule has 0 aliphatic carbocycles. The van der Waals surface area contributed by atoms with Crippen molar-refractivity contribution in [3.05, 3.63) is 0 Å². The zero-order valence-corrected chi connectivity index (χ0v) is 10.9. The van der Waals surface area contributed by atoms with Gasteiger partial charge in [0.15, 0.2) is 0 Å². The maximum Gasteiger partial charge on any atom is 0.268 e. The van der Waals surface area contributed by atoms with Crippen molar-refractivity contribution >= 4 is 21.9 Å². The lowest BCUT2D eigenvalue weighted by Crippen LogP contribution is -2.36. The SMILES string of the molecule is CC(C)OS(=O)(=O)CCN1CCSCC1. The first-order valence-electron chi connectivity index (χ1n) is 5.21. The summed E-state index contributed by atoms with van der Waals surface area (Å²) in [5.41, 5.74) is 0. The van der Waals surface area contributed by atoms with Crippen LogP contribution in [-0.2, 0) is 14.3 Å². The van der Waals surface area contributed by atoms with Crippen molar-refractivity contribution in [2.45, 2.75) is 20.0 Å². The van der Waals surface area contributed by atoms with Crippen LogP contribution in [0.3, 0.4) is 0 Å². The first kappa shape index (κ1) is 13.3. The maximum absolute atomic E-state index is 11.4. The molecule has 0 spiro atoms. The predicted octanol–water partition coefficient (Wildman–Crippen LogP) is 0.790. The predicted molar refractivity (Wildman–Crippen MR) is 63.8 cm³/mol. The van der Waals surface area contributed by atoms with E-state index in [2.05, 4.69) is 4.90 Å². The van der Waals surface area contributed by atoms with E-state index in [1.807, 2.05) is 11.8 Å². The van der Waals surface area contributed by atoms with E-state index >= 15 is 0 Å². The molecular weight excluding hydrogens is 234 g/mol. The second-order valence-electron chi connectivity index (χ2n) is 3.86. The molecule has 1 rings (SSSR count). The average molecular weight is 253 g/mol. The Morgan fingerprint density at radius 2 is 1.93 bits per heavy atom. The van der Waals surface area contributed by atoms with Gasteiger partial charge < -0.3 is 4.90 Å². The lowest BCUT2D eigenvalue weighted by molar-refractivity contribution is 0.244. The normalized spacial score (nSPS) is 19.7. The van der Waals surface area contributed by atoms with Crippen molar-refractivity contribution in [2.75, 3.05) is 36.9 Å². The molecule has 1 aliphatic heterocycles. The van der Waals surface area contributed by atoms with Crippen molar-refractivity contribution in [3.8, 4) is 0 Å². The van der Waals surface area contributed by atoms with Crippen LogP contribution < -0.4 is 0 Å². The van der Waals surface area contributed by atoms with Crippen molar-refractivity contribution in [1.29, 1.82) is 0 Å². The Morgan fingerprint density at radius 1 is 1.33 bits per heavy atom. The van der Waals surface area contributed by atoms with E-state index in [-0.39, 0.29) is 11.9 Å². The van der Waals surface area contributed by atoms with E-state index in [0.717, 1.165) is 24.6 Å². The van der Waals surface area contributed by atoms with Gasteiger partial charge in [-0.05, 0) is 13.8 Å². The van der Waals surface area contributed by atoms with Gasteiger partial charge in [0.1, 0.15) is 0 Å². The van der Waals surface area contributed by atoms with E-state index in [0.29, 0.717) is 6.54 Å². The number of nitrogens with zero attached hydrogens (tertiary/aromatic N) is 1. The first-order valence-corrected chi connectivity index (χ1v) is 7.94. The van der Waals surface area contributed by atoms with Crippen molar-refractivity contribution in [1.82, 2.24) is 4.90 Å².